The summed E-state index contributed by atoms with van der Waals surface area (Å²) >= 11 is 1.55. The molecular formula is C18H23NO2S. The van der Waals surface area contributed by atoms with Gasteiger partial charge in [-0.05, 0) is 25.0 Å². The molecule has 0 bridgehead atoms. The van der Waals surface area contributed by atoms with Gasteiger partial charge >= 0.3 is 5.97 Å². The minimum absolute atomic E-state index is 0.227. The van der Waals surface area contributed by atoms with E-state index in [1.807, 2.05) is 23.6 Å². The van der Waals surface area contributed by atoms with Gasteiger partial charge in [0.1, 0.15) is 5.01 Å². The van der Waals surface area contributed by atoms with Gasteiger partial charge in [0.05, 0.1) is 5.56 Å². The van der Waals surface area contributed by atoms with E-state index in [2.05, 4.69) is 11.9 Å². The lowest BCUT2D eigenvalue weighted by Gasteiger charge is -2.15. The third kappa shape index (κ3) is 5.26. The second-order valence-electron chi connectivity index (χ2n) is 5.33. The van der Waals surface area contributed by atoms with Gasteiger partial charge < -0.3 is 4.74 Å². The van der Waals surface area contributed by atoms with Crippen LogP contribution in [0.25, 0.3) is 0 Å². The van der Waals surface area contributed by atoms with Gasteiger partial charge in [-0.3, -0.25) is 0 Å². The zero-order valence-electron chi connectivity index (χ0n) is 13.0. The van der Waals surface area contributed by atoms with Crippen molar-refractivity contribution in [2.24, 2.45) is 0 Å². The van der Waals surface area contributed by atoms with Crippen LogP contribution in [0.4, 0.5) is 0 Å². The number of carbonyl (C=O) groups is 1. The quantitative estimate of drug-likeness (QED) is 0.459. The van der Waals surface area contributed by atoms with Crippen LogP contribution in [0.5, 0.6) is 0 Å². The number of thiazole rings is 1. The van der Waals surface area contributed by atoms with E-state index in [1.54, 1.807) is 29.7 Å². The van der Waals surface area contributed by atoms with Crippen molar-refractivity contribution in [2.45, 2.75) is 51.6 Å². The number of hydrogen-bond donors (Lipinski definition) is 0. The summed E-state index contributed by atoms with van der Waals surface area (Å²) < 4.78 is 5.70. The first-order valence-electron chi connectivity index (χ1n) is 7.96. The fraction of sp³-hybridized carbons (Fsp3) is 0.444. The van der Waals surface area contributed by atoms with Crippen LogP contribution < -0.4 is 0 Å². The Bertz CT molecular complexity index is 539. The molecule has 0 radical (unpaired) electrons. The number of hydrogen-bond acceptors (Lipinski definition) is 4. The number of unbranched alkanes of at least 4 members (excludes halogenated alkanes) is 4. The number of nitrogens with zero attached hydrogens (tertiary/aromatic N) is 1. The molecule has 0 saturated heterocycles. The normalized spacial score (nSPS) is 12.0. The smallest absolute Gasteiger partial charge is 0.338 e. The number of benzene rings is 1. The first kappa shape index (κ1) is 16.7. The molecule has 2 aromatic rings. The lowest BCUT2D eigenvalue weighted by molar-refractivity contribution is 0.0270. The third-order valence-electron chi connectivity index (χ3n) is 3.56. The summed E-state index contributed by atoms with van der Waals surface area (Å²) in [6.45, 7) is 2.21. The van der Waals surface area contributed by atoms with E-state index in [-0.39, 0.29) is 12.1 Å². The summed E-state index contributed by atoms with van der Waals surface area (Å²) in [5.41, 5.74) is 0.593. The third-order valence-corrected chi connectivity index (χ3v) is 4.42. The standard InChI is InChI=1S/C18H23NO2S/c1-2-3-4-5-9-12-16(17-19-13-14-22-17)21-18(20)15-10-7-6-8-11-15/h6-8,10-11,13-14,16H,2-5,9,12H2,1H3/t16-/m1/s1. The zero-order chi connectivity index (χ0) is 15.6. The number of rotatable bonds is 9. The fourth-order valence-electron chi connectivity index (χ4n) is 2.33. The van der Waals surface area contributed by atoms with E-state index in [0.29, 0.717) is 5.56 Å². The van der Waals surface area contributed by atoms with Gasteiger partial charge in [-0.2, -0.15) is 0 Å². The summed E-state index contributed by atoms with van der Waals surface area (Å²) in [5.74, 6) is -0.269. The van der Waals surface area contributed by atoms with Crippen LogP contribution in [0.3, 0.4) is 0 Å². The molecule has 0 amide bonds. The second-order valence-corrected chi connectivity index (χ2v) is 6.26. The van der Waals surface area contributed by atoms with Gasteiger partial charge in [0.15, 0.2) is 6.10 Å². The van der Waals surface area contributed by atoms with E-state index in [1.165, 1.54) is 25.7 Å². The Morgan fingerprint density at radius 2 is 1.95 bits per heavy atom. The number of aromatic nitrogens is 1. The van der Waals surface area contributed by atoms with Crippen LogP contribution in [0.1, 0.15) is 66.9 Å². The van der Waals surface area contributed by atoms with Crippen molar-refractivity contribution < 1.29 is 9.53 Å². The molecule has 0 unspecified atom stereocenters. The Balaban J connectivity index is 1.92. The van der Waals surface area contributed by atoms with Gasteiger partial charge in [0.2, 0.25) is 0 Å². The van der Waals surface area contributed by atoms with Crippen molar-refractivity contribution in [3.05, 3.63) is 52.5 Å². The Hall–Kier alpha value is -1.68. The predicted octanol–water partition coefficient (Wildman–Crippen LogP) is 5.40. The van der Waals surface area contributed by atoms with Crippen molar-refractivity contribution in [3.8, 4) is 0 Å². The average molecular weight is 317 g/mol. The van der Waals surface area contributed by atoms with Crippen molar-refractivity contribution in [3.63, 3.8) is 0 Å². The molecular weight excluding hydrogens is 294 g/mol. The van der Waals surface area contributed by atoms with E-state index in [0.717, 1.165) is 17.8 Å². The van der Waals surface area contributed by atoms with Gasteiger partial charge in [-0.25, -0.2) is 9.78 Å². The highest BCUT2D eigenvalue weighted by atomic mass is 32.1. The topological polar surface area (TPSA) is 39.2 Å². The maximum absolute atomic E-state index is 12.2. The highest BCUT2D eigenvalue weighted by Crippen LogP contribution is 2.27. The Labute approximate surface area is 136 Å². The summed E-state index contributed by atoms with van der Waals surface area (Å²) in [7, 11) is 0. The summed E-state index contributed by atoms with van der Waals surface area (Å²) in [6, 6.07) is 9.15. The maximum Gasteiger partial charge on any atom is 0.338 e. The first-order chi connectivity index (χ1) is 10.8. The number of esters is 1. The molecule has 0 aliphatic carbocycles. The molecule has 0 N–H and O–H groups in total. The van der Waals surface area contributed by atoms with E-state index in [9.17, 15) is 4.79 Å². The summed E-state index contributed by atoms with van der Waals surface area (Å²) in [4.78, 5) is 16.6. The van der Waals surface area contributed by atoms with Gasteiger partial charge in [-0.1, -0.05) is 50.8 Å². The maximum atomic E-state index is 12.2. The molecule has 118 valence electrons. The molecule has 1 aromatic heterocycles. The molecule has 1 heterocycles. The highest BCUT2D eigenvalue weighted by Gasteiger charge is 2.19. The van der Waals surface area contributed by atoms with Crippen LogP contribution in [-0.2, 0) is 4.74 Å². The molecule has 0 aliphatic rings. The van der Waals surface area contributed by atoms with Crippen molar-refractivity contribution in [1.82, 2.24) is 4.98 Å². The van der Waals surface area contributed by atoms with E-state index >= 15 is 0 Å². The van der Waals surface area contributed by atoms with E-state index < -0.39 is 0 Å². The molecule has 4 heteroatoms. The highest BCUT2D eigenvalue weighted by molar-refractivity contribution is 7.09. The second kappa shape index (κ2) is 9.36. The molecule has 1 aromatic carbocycles. The van der Waals surface area contributed by atoms with Crippen LogP contribution in [0.15, 0.2) is 41.9 Å². The summed E-state index contributed by atoms with van der Waals surface area (Å²) in [6.07, 6.45) is 8.37. The number of ether oxygens (including phenoxy) is 1. The largest absolute Gasteiger partial charge is 0.451 e. The number of carbonyl (C=O) groups excluding carboxylic acids is 1. The van der Waals surface area contributed by atoms with Crippen LogP contribution in [0, 0.1) is 0 Å². The van der Waals surface area contributed by atoms with Gasteiger partial charge in [0, 0.05) is 11.6 Å². The van der Waals surface area contributed by atoms with Crippen LogP contribution >= 0.6 is 11.3 Å². The van der Waals surface area contributed by atoms with Crippen molar-refractivity contribution in [1.29, 1.82) is 0 Å². The molecule has 22 heavy (non-hydrogen) atoms. The first-order valence-corrected chi connectivity index (χ1v) is 8.84. The fourth-order valence-corrected chi connectivity index (χ4v) is 3.03. The Morgan fingerprint density at radius 3 is 2.64 bits per heavy atom. The molecule has 2 rings (SSSR count). The molecule has 1 atom stereocenters. The van der Waals surface area contributed by atoms with Crippen molar-refractivity contribution in [2.75, 3.05) is 0 Å². The minimum Gasteiger partial charge on any atom is -0.451 e. The average Bonchev–Trinajstić information content (AvgIpc) is 3.08. The Kier molecular flexibility index (Phi) is 7.10. The monoisotopic (exact) mass is 317 g/mol. The van der Waals surface area contributed by atoms with Crippen LogP contribution in [-0.4, -0.2) is 11.0 Å². The molecule has 0 aliphatic heterocycles. The molecule has 3 nitrogen and oxygen atoms in total. The Morgan fingerprint density at radius 1 is 1.18 bits per heavy atom. The van der Waals surface area contributed by atoms with Gasteiger partial charge in [0.25, 0.3) is 0 Å². The molecule has 0 fully saturated rings. The minimum atomic E-state index is -0.269. The lowest BCUT2D eigenvalue weighted by Crippen LogP contribution is -2.11. The molecule has 0 saturated carbocycles. The lowest BCUT2D eigenvalue weighted by atomic mass is 10.1. The van der Waals surface area contributed by atoms with Crippen LogP contribution in [0.2, 0.25) is 0 Å². The predicted molar refractivity (Wildman–Crippen MR) is 90.1 cm³/mol. The van der Waals surface area contributed by atoms with Crippen molar-refractivity contribution >= 4 is 17.3 Å². The molecule has 0 spiro atoms. The van der Waals surface area contributed by atoms with Gasteiger partial charge in [-0.15, -0.1) is 11.3 Å². The summed E-state index contributed by atoms with van der Waals surface area (Å²) in [5, 5.41) is 2.82. The SMILES string of the molecule is CCCCCCC[C@@H](OC(=O)c1ccccc1)c1nccs1. The zero-order valence-corrected chi connectivity index (χ0v) is 13.8. The van der Waals surface area contributed by atoms with E-state index in [4.69, 9.17) is 4.74 Å².